The Morgan fingerprint density at radius 1 is 1.00 bits per heavy atom. The lowest BCUT2D eigenvalue weighted by atomic mass is 9.77. The zero-order valence-corrected chi connectivity index (χ0v) is 15.5. The SMILES string of the molecule is Cn1nc(Cc2ccccc2Cl)c(C(C)(C)C)c1C(C)(C)C. The first kappa shape index (κ1) is 17.1. The molecule has 0 aliphatic rings. The van der Waals surface area contributed by atoms with Crippen molar-refractivity contribution >= 4 is 11.6 Å². The van der Waals surface area contributed by atoms with Gasteiger partial charge < -0.3 is 0 Å². The van der Waals surface area contributed by atoms with Crippen LogP contribution in [0.3, 0.4) is 0 Å². The molecule has 0 spiro atoms. The van der Waals surface area contributed by atoms with Gasteiger partial charge in [0.05, 0.1) is 5.69 Å². The first-order valence-electron chi connectivity index (χ1n) is 7.82. The monoisotopic (exact) mass is 318 g/mol. The molecule has 0 atom stereocenters. The molecule has 0 fully saturated rings. The van der Waals surface area contributed by atoms with E-state index in [1.807, 2.05) is 29.9 Å². The topological polar surface area (TPSA) is 17.8 Å². The molecule has 0 saturated heterocycles. The summed E-state index contributed by atoms with van der Waals surface area (Å²) in [7, 11) is 2.05. The number of hydrogen-bond acceptors (Lipinski definition) is 1. The summed E-state index contributed by atoms with van der Waals surface area (Å²) in [6, 6.07) is 8.03. The van der Waals surface area contributed by atoms with Crippen LogP contribution in [0, 0.1) is 0 Å². The van der Waals surface area contributed by atoms with Crippen molar-refractivity contribution in [1.82, 2.24) is 9.78 Å². The van der Waals surface area contributed by atoms with Gasteiger partial charge in [0.25, 0.3) is 0 Å². The van der Waals surface area contributed by atoms with E-state index in [2.05, 4.69) is 47.6 Å². The Kier molecular flexibility index (Phi) is 4.45. The van der Waals surface area contributed by atoms with Crippen LogP contribution in [0.1, 0.15) is 64.1 Å². The molecule has 120 valence electrons. The van der Waals surface area contributed by atoms with Crippen LogP contribution in [0.25, 0.3) is 0 Å². The first-order chi connectivity index (χ1) is 10.0. The summed E-state index contributed by atoms with van der Waals surface area (Å²) >= 11 is 6.34. The molecule has 2 nitrogen and oxygen atoms in total. The minimum atomic E-state index is 0.0491. The van der Waals surface area contributed by atoms with Crippen LogP contribution >= 0.6 is 11.6 Å². The van der Waals surface area contributed by atoms with E-state index in [9.17, 15) is 0 Å². The molecule has 0 saturated carbocycles. The van der Waals surface area contributed by atoms with Gasteiger partial charge in [-0.3, -0.25) is 4.68 Å². The van der Waals surface area contributed by atoms with Crippen molar-refractivity contribution in [3.63, 3.8) is 0 Å². The van der Waals surface area contributed by atoms with E-state index in [0.717, 1.165) is 22.7 Å². The average molecular weight is 319 g/mol. The van der Waals surface area contributed by atoms with Crippen molar-refractivity contribution in [3.05, 3.63) is 51.8 Å². The van der Waals surface area contributed by atoms with Crippen LogP contribution in [0.4, 0.5) is 0 Å². The molecular weight excluding hydrogens is 292 g/mol. The molecule has 0 radical (unpaired) electrons. The van der Waals surface area contributed by atoms with Crippen LogP contribution in [-0.2, 0) is 24.3 Å². The molecule has 0 unspecified atom stereocenters. The molecule has 22 heavy (non-hydrogen) atoms. The van der Waals surface area contributed by atoms with E-state index in [0.29, 0.717) is 0 Å². The molecule has 1 aromatic heterocycles. The largest absolute Gasteiger partial charge is 0.272 e. The molecule has 0 aliphatic heterocycles. The lowest BCUT2D eigenvalue weighted by Crippen LogP contribution is -2.24. The summed E-state index contributed by atoms with van der Waals surface area (Å²) in [5, 5.41) is 5.65. The fourth-order valence-electron chi connectivity index (χ4n) is 3.17. The van der Waals surface area contributed by atoms with Crippen molar-refractivity contribution in [3.8, 4) is 0 Å². The summed E-state index contributed by atoms with van der Waals surface area (Å²) < 4.78 is 2.05. The minimum absolute atomic E-state index is 0.0491. The standard InChI is InChI=1S/C19H27ClN2/c1-18(2,3)16-15(12-13-10-8-9-11-14(13)20)21-22(7)17(16)19(4,5)6/h8-11H,12H2,1-7H3. The zero-order valence-electron chi connectivity index (χ0n) is 14.8. The molecule has 0 bridgehead atoms. The predicted octanol–water partition coefficient (Wildman–Crippen LogP) is 5.26. The Labute approximate surface area is 139 Å². The van der Waals surface area contributed by atoms with E-state index in [-0.39, 0.29) is 10.8 Å². The second-order valence-electron chi connectivity index (χ2n) is 8.06. The second kappa shape index (κ2) is 5.73. The van der Waals surface area contributed by atoms with E-state index in [1.54, 1.807) is 0 Å². The molecule has 1 aromatic carbocycles. The van der Waals surface area contributed by atoms with Crippen LogP contribution in [0.5, 0.6) is 0 Å². The number of halogens is 1. The van der Waals surface area contributed by atoms with Gasteiger partial charge in [0.15, 0.2) is 0 Å². The predicted molar refractivity (Wildman–Crippen MR) is 94.9 cm³/mol. The highest BCUT2D eigenvalue weighted by Crippen LogP contribution is 2.37. The molecule has 2 rings (SSSR count). The molecule has 1 heterocycles. The molecule has 0 N–H and O–H groups in total. The van der Waals surface area contributed by atoms with E-state index in [4.69, 9.17) is 16.7 Å². The molecule has 0 amide bonds. The lowest BCUT2D eigenvalue weighted by Gasteiger charge is -2.28. The third-order valence-electron chi connectivity index (χ3n) is 3.90. The Morgan fingerprint density at radius 2 is 1.59 bits per heavy atom. The molecule has 2 aromatic rings. The average Bonchev–Trinajstić information content (AvgIpc) is 2.68. The maximum atomic E-state index is 6.34. The zero-order chi connectivity index (χ0) is 16.7. The van der Waals surface area contributed by atoms with Gasteiger partial charge >= 0.3 is 0 Å². The Hall–Kier alpha value is -1.28. The van der Waals surface area contributed by atoms with Crippen molar-refractivity contribution in [1.29, 1.82) is 0 Å². The fraction of sp³-hybridized carbons (Fsp3) is 0.526. The van der Waals surface area contributed by atoms with Gasteiger partial charge in [0, 0.05) is 35.2 Å². The van der Waals surface area contributed by atoms with Crippen LogP contribution in [-0.4, -0.2) is 9.78 Å². The number of aryl methyl sites for hydroxylation is 1. The highest BCUT2D eigenvalue weighted by atomic mass is 35.5. The maximum absolute atomic E-state index is 6.34. The van der Waals surface area contributed by atoms with E-state index < -0.39 is 0 Å². The summed E-state index contributed by atoms with van der Waals surface area (Å²) in [5.41, 5.74) is 5.03. The summed E-state index contributed by atoms with van der Waals surface area (Å²) in [4.78, 5) is 0. The Bertz CT molecular complexity index is 670. The second-order valence-corrected chi connectivity index (χ2v) is 8.47. The van der Waals surface area contributed by atoms with Gasteiger partial charge in [-0.15, -0.1) is 0 Å². The number of benzene rings is 1. The van der Waals surface area contributed by atoms with Gasteiger partial charge in [0.1, 0.15) is 0 Å². The number of rotatable bonds is 2. The van der Waals surface area contributed by atoms with Gasteiger partial charge in [-0.2, -0.15) is 5.10 Å². The number of nitrogens with zero attached hydrogens (tertiary/aromatic N) is 2. The Balaban J connectivity index is 2.60. The first-order valence-corrected chi connectivity index (χ1v) is 8.20. The van der Waals surface area contributed by atoms with Crippen LogP contribution < -0.4 is 0 Å². The van der Waals surface area contributed by atoms with E-state index >= 15 is 0 Å². The van der Waals surface area contributed by atoms with Gasteiger partial charge in [-0.1, -0.05) is 71.3 Å². The van der Waals surface area contributed by atoms with Crippen molar-refractivity contribution in [2.45, 2.75) is 58.8 Å². The lowest BCUT2D eigenvalue weighted by molar-refractivity contribution is 0.492. The quantitative estimate of drug-likeness (QED) is 0.738. The van der Waals surface area contributed by atoms with Crippen molar-refractivity contribution < 1.29 is 0 Å². The smallest absolute Gasteiger partial charge is 0.0709 e. The van der Waals surface area contributed by atoms with Crippen LogP contribution in [0.2, 0.25) is 5.02 Å². The third-order valence-corrected chi connectivity index (χ3v) is 4.26. The Morgan fingerprint density at radius 3 is 2.09 bits per heavy atom. The highest BCUT2D eigenvalue weighted by Gasteiger charge is 2.32. The summed E-state index contributed by atoms with van der Waals surface area (Å²) in [6.07, 6.45) is 0.774. The van der Waals surface area contributed by atoms with Gasteiger partial charge in [-0.05, 0) is 17.0 Å². The number of aromatic nitrogens is 2. The van der Waals surface area contributed by atoms with Gasteiger partial charge in [0.2, 0.25) is 0 Å². The normalized spacial score (nSPS) is 12.7. The maximum Gasteiger partial charge on any atom is 0.0709 e. The fourth-order valence-corrected chi connectivity index (χ4v) is 3.38. The van der Waals surface area contributed by atoms with Gasteiger partial charge in [-0.25, -0.2) is 0 Å². The van der Waals surface area contributed by atoms with Crippen molar-refractivity contribution in [2.24, 2.45) is 7.05 Å². The summed E-state index contributed by atoms with van der Waals surface area (Å²) in [5.74, 6) is 0. The molecule has 0 aliphatic carbocycles. The third kappa shape index (κ3) is 3.38. The van der Waals surface area contributed by atoms with Crippen molar-refractivity contribution in [2.75, 3.05) is 0 Å². The van der Waals surface area contributed by atoms with Crippen LogP contribution in [0.15, 0.2) is 24.3 Å². The summed E-state index contributed by atoms with van der Waals surface area (Å²) in [6.45, 7) is 13.5. The highest BCUT2D eigenvalue weighted by molar-refractivity contribution is 6.31. The molecule has 3 heteroatoms. The minimum Gasteiger partial charge on any atom is -0.272 e. The molecular formula is C19H27ClN2. The van der Waals surface area contributed by atoms with E-state index in [1.165, 1.54) is 11.3 Å². The number of hydrogen-bond donors (Lipinski definition) is 0.